The van der Waals surface area contributed by atoms with Gasteiger partial charge in [-0.15, -0.1) is 0 Å². The van der Waals surface area contributed by atoms with Crippen molar-refractivity contribution in [3.63, 3.8) is 0 Å². The maximum absolute atomic E-state index is 12.1. The van der Waals surface area contributed by atoms with Gasteiger partial charge in [0.1, 0.15) is 11.4 Å². The van der Waals surface area contributed by atoms with Crippen molar-refractivity contribution in [2.45, 2.75) is 53.6 Å². The molecule has 1 fully saturated rings. The number of ether oxygens (including phenoxy) is 1. The smallest absolute Gasteiger partial charge is 0.410 e. The van der Waals surface area contributed by atoms with Crippen LogP contribution >= 0.6 is 0 Å². The van der Waals surface area contributed by atoms with Crippen LogP contribution in [0.1, 0.15) is 48.0 Å². The summed E-state index contributed by atoms with van der Waals surface area (Å²) in [6.07, 6.45) is 0.432. The zero-order valence-electron chi connectivity index (χ0n) is 12.4. The molecule has 1 amide bonds. The van der Waals surface area contributed by atoms with E-state index in [2.05, 4.69) is 0 Å². The predicted octanol–water partition coefficient (Wildman–Crippen LogP) is 2.86. The van der Waals surface area contributed by atoms with Gasteiger partial charge in [-0.25, -0.2) is 4.79 Å². The number of likely N-dealkylation sites (tertiary alicyclic amines) is 1. The summed E-state index contributed by atoms with van der Waals surface area (Å²) in [6, 6.07) is 0. The topological polar surface area (TPSA) is 46.6 Å². The van der Waals surface area contributed by atoms with Crippen LogP contribution < -0.4 is 0 Å². The zero-order chi connectivity index (χ0) is 14.1. The van der Waals surface area contributed by atoms with Crippen molar-refractivity contribution in [2.24, 2.45) is 11.3 Å². The molecule has 0 bridgehead atoms. The van der Waals surface area contributed by atoms with Crippen molar-refractivity contribution in [1.82, 2.24) is 4.90 Å². The fourth-order valence-corrected chi connectivity index (χ4v) is 2.08. The molecule has 0 aromatic carbocycles. The molecular weight excluding hydrogens is 230 g/mol. The lowest BCUT2D eigenvalue weighted by molar-refractivity contribution is -0.129. The molecule has 1 aliphatic heterocycles. The summed E-state index contributed by atoms with van der Waals surface area (Å²) in [7, 11) is 0. The van der Waals surface area contributed by atoms with Crippen molar-refractivity contribution in [3.8, 4) is 0 Å². The van der Waals surface area contributed by atoms with E-state index in [1.807, 2.05) is 41.5 Å². The number of nitrogens with zero attached hydrogens (tertiary/aromatic N) is 1. The Morgan fingerprint density at radius 3 is 2.11 bits per heavy atom. The summed E-state index contributed by atoms with van der Waals surface area (Å²) >= 11 is 0. The SMILES string of the molecule is CC(C)(C)OC(=O)N1CC[C@@H](C(=O)C(C)(C)C)C1. The van der Waals surface area contributed by atoms with Crippen LogP contribution in [0.3, 0.4) is 0 Å². The molecule has 0 unspecified atom stereocenters. The minimum absolute atomic E-state index is 0.0440. The molecule has 0 radical (unpaired) electrons. The normalized spacial score (nSPS) is 21.0. The Balaban J connectivity index is 2.57. The summed E-state index contributed by atoms with van der Waals surface area (Å²) in [5, 5.41) is 0. The largest absolute Gasteiger partial charge is 0.444 e. The number of carbonyl (C=O) groups is 2. The summed E-state index contributed by atoms with van der Waals surface area (Å²) in [5.74, 6) is 0.186. The van der Waals surface area contributed by atoms with E-state index in [4.69, 9.17) is 4.74 Å². The fraction of sp³-hybridized carbons (Fsp3) is 0.857. The van der Waals surface area contributed by atoms with Crippen LogP contribution in [-0.4, -0.2) is 35.5 Å². The third-order valence-electron chi connectivity index (χ3n) is 2.95. The van der Waals surface area contributed by atoms with E-state index >= 15 is 0 Å². The van der Waals surface area contributed by atoms with Gasteiger partial charge in [0.2, 0.25) is 0 Å². The van der Waals surface area contributed by atoms with Gasteiger partial charge in [-0.3, -0.25) is 4.79 Å². The van der Waals surface area contributed by atoms with Gasteiger partial charge in [0.25, 0.3) is 0 Å². The Morgan fingerprint density at radius 2 is 1.67 bits per heavy atom. The Bertz CT molecular complexity index is 336. The minimum Gasteiger partial charge on any atom is -0.444 e. The molecule has 1 heterocycles. The van der Waals surface area contributed by atoms with Crippen molar-refractivity contribution >= 4 is 11.9 Å². The lowest BCUT2D eigenvalue weighted by Gasteiger charge is -2.25. The summed E-state index contributed by atoms with van der Waals surface area (Å²) in [6.45, 7) is 12.4. The van der Waals surface area contributed by atoms with Crippen molar-refractivity contribution < 1.29 is 14.3 Å². The molecule has 0 aliphatic carbocycles. The molecule has 18 heavy (non-hydrogen) atoms. The number of hydrogen-bond donors (Lipinski definition) is 0. The highest BCUT2D eigenvalue weighted by atomic mass is 16.6. The molecular formula is C14H25NO3. The number of Topliss-reactive ketones (excluding diaryl/α,β-unsaturated/α-hetero) is 1. The summed E-state index contributed by atoms with van der Waals surface area (Å²) in [5.41, 5.74) is -0.822. The van der Waals surface area contributed by atoms with Gasteiger partial charge < -0.3 is 9.64 Å². The van der Waals surface area contributed by atoms with Crippen molar-refractivity contribution in [1.29, 1.82) is 0 Å². The molecule has 104 valence electrons. The zero-order valence-corrected chi connectivity index (χ0v) is 12.4. The molecule has 4 nitrogen and oxygen atoms in total. The third-order valence-corrected chi connectivity index (χ3v) is 2.95. The first-order valence-electron chi connectivity index (χ1n) is 6.53. The highest BCUT2D eigenvalue weighted by Gasteiger charge is 2.37. The van der Waals surface area contributed by atoms with Crippen LogP contribution in [0.4, 0.5) is 4.79 Å². The van der Waals surface area contributed by atoms with Gasteiger partial charge in [-0.1, -0.05) is 20.8 Å². The van der Waals surface area contributed by atoms with E-state index in [0.29, 0.717) is 13.1 Å². The molecule has 1 aliphatic rings. The second-order valence-corrected chi connectivity index (χ2v) is 7.03. The first kappa shape index (κ1) is 15.0. The van der Waals surface area contributed by atoms with Gasteiger partial charge in [-0.2, -0.15) is 0 Å². The average Bonchev–Trinajstić information content (AvgIpc) is 2.60. The molecule has 0 N–H and O–H groups in total. The highest BCUT2D eigenvalue weighted by molar-refractivity contribution is 5.87. The molecule has 1 rings (SSSR count). The molecule has 4 heteroatoms. The number of amides is 1. The molecule has 0 saturated carbocycles. The van der Waals surface area contributed by atoms with Gasteiger partial charge in [-0.05, 0) is 27.2 Å². The minimum atomic E-state index is -0.483. The molecule has 1 saturated heterocycles. The molecule has 0 aromatic rings. The lowest BCUT2D eigenvalue weighted by atomic mass is 9.83. The van der Waals surface area contributed by atoms with E-state index in [9.17, 15) is 9.59 Å². The number of rotatable bonds is 1. The van der Waals surface area contributed by atoms with Crippen LogP contribution in [0.5, 0.6) is 0 Å². The Hall–Kier alpha value is -1.06. The molecule has 0 aromatic heterocycles. The monoisotopic (exact) mass is 255 g/mol. The Labute approximate surface area is 110 Å². The first-order valence-corrected chi connectivity index (χ1v) is 6.53. The van der Waals surface area contributed by atoms with E-state index in [1.54, 1.807) is 4.90 Å². The van der Waals surface area contributed by atoms with Crippen LogP contribution in [0.2, 0.25) is 0 Å². The van der Waals surface area contributed by atoms with Crippen LogP contribution in [-0.2, 0) is 9.53 Å². The van der Waals surface area contributed by atoms with Gasteiger partial charge in [0, 0.05) is 24.4 Å². The summed E-state index contributed by atoms with van der Waals surface area (Å²) in [4.78, 5) is 25.7. The number of carbonyl (C=O) groups excluding carboxylic acids is 2. The lowest BCUT2D eigenvalue weighted by Crippen LogP contribution is -2.37. The standard InChI is InChI=1S/C14H25NO3/c1-13(2,3)11(16)10-7-8-15(9-10)12(17)18-14(4,5)6/h10H,7-9H2,1-6H3/t10-/m1/s1. The quantitative estimate of drug-likeness (QED) is 0.723. The maximum Gasteiger partial charge on any atom is 0.410 e. The number of ketones is 1. The van der Waals surface area contributed by atoms with Crippen LogP contribution in [0, 0.1) is 11.3 Å². The second kappa shape index (κ2) is 4.90. The van der Waals surface area contributed by atoms with Crippen LogP contribution in [0.25, 0.3) is 0 Å². The van der Waals surface area contributed by atoms with Gasteiger partial charge in [0.15, 0.2) is 0 Å². The van der Waals surface area contributed by atoms with Gasteiger partial charge >= 0.3 is 6.09 Å². The average molecular weight is 255 g/mol. The summed E-state index contributed by atoms with van der Waals surface area (Å²) < 4.78 is 5.31. The predicted molar refractivity (Wildman–Crippen MR) is 70.4 cm³/mol. The Kier molecular flexibility index (Phi) is 4.08. The molecule has 0 spiro atoms. The second-order valence-electron chi connectivity index (χ2n) is 7.03. The number of hydrogen-bond acceptors (Lipinski definition) is 3. The maximum atomic E-state index is 12.1. The van der Waals surface area contributed by atoms with Gasteiger partial charge in [0.05, 0.1) is 0 Å². The van der Waals surface area contributed by atoms with E-state index in [-0.39, 0.29) is 23.2 Å². The third kappa shape index (κ3) is 4.00. The van der Waals surface area contributed by atoms with Crippen LogP contribution in [0.15, 0.2) is 0 Å². The van der Waals surface area contributed by atoms with E-state index in [0.717, 1.165) is 6.42 Å². The Morgan fingerprint density at radius 1 is 1.11 bits per heavy atom. The van der Waals surface area contributed by atoms with Crippen molar-refractivity contribution in [3.05, 3.63) is 0 Å². The first-order chi connectivity index (χ1) is 8.00. The van der Waals surface area contributed by atoms with E-state index < -0.39 is 5.60 Å². The fourth-order valence-electron chi connectivity index (χ4n) is 2.08. The molecule has 1 atom stereocenters. The highest BCUT2D eigenvalue weighted by Crippen LogP contribution is 2.27. The van der Waals surface area contributed by atoms with E-state index in [1.165, 1.54) is 0 Å². The van der Waals surface area contributed by atoms with Crippen molar-refractivity contribution in [2.75, 3.05) is 13.1 Å².